The molecule has 0 bridgehead atoms. The number of fused-ring (bicyclic) bond motifs is 4. The maximum atomic E-state index is 5.98. The fraction of sp³-hybridized carbons (Fsp3) is 0.0714. The third-order valence-corrected chi connectivity index (χ3v) is 4.06. The number of pyridine rings is 1. The second-order valence-electron chi connectivity index (χ2n) is 4.61. The Balaban J connectivity index is 2.26. The van der Waals surface area contributed by atoms with Crippen molar-refractivity contribution in [1.29, 1.82) is 0 Å². The van der Waals surface area contributed by atoms with Crippen molar-refractivity contribution in [3.63, 3.8) is 0 Å². The Labute approximate surface area is 127 Å². The van der Waals surface area contributed by atoms with Crippen LogP contribution in [0.25, 0.3) is 33.2 Å². The molecule has 4 rings (SSSR count). The summed E-state index contributed by atoms with van der Waals surface area (Å²) in [7, 11) is 1.98. The summed E-state index contributed by atoms with van der Waals surface area (Å²) in [6, 6.07) is 7.90. The fourth-order valence-electron chi connectivity index (χ4n) is 2.43. The molecule has 0 unspecified atom stereocenters. The van der Waals surface area contributed by atoms with E-state index in [1.54, 1.807) is 12.3 Å². The van der Waals surface area contributed by atoms with Gasteiger partial charge in [-0.15, -0.1) is 0 Å². The monoisotopic (exact) mass is 346 g/mol. The summed E-state index contributed by atoms with van der Waals surface area (Å²) in [5, 5.41) is 1.62. The average molecular weight is 348 g/mol. The van der Waals surface area contributed by atoms with Crippen LogP contribution in [0.2, 0.25) is 5.02 Å². The van der Waals surface area contributed by atoms with Gasteiger partial charge in [-0.3, -0.25) is 0 Å². The van der Waals surface area contributed by atoms with Gasteiger partial charge in [-0.25, -0.2) is 15.0 Å². The minimum Gasteiger partial charge on any atom is -0.327 e. The molecule has 0 atom stereocenters. The van der Waals surface area contributed by atoms with E-state index in [9.17, 15) is 0 Å². The average Bonchev–Trinajstić information content (AvgIpc) is 2.69. The van der Waals surface area contributed by atoms with E-state index in [-0.39, 0.29) is 0 Å². The van der Waals surface area contributed by atoms with E-state index in [0.717, 1.165) is 26.5 Å². The quantitative estimate of drug-likeness (QED) is 0.481. The molecule has 0 saturated heterocycles. The van der Waals surface area contributed by atoms with Crippen molar-refractivity contribution in [1.82, 2.24) is 19.5 Å². The maximum Gasteiger partial charge on any atom is 0.180 e. The van der Waals surface area contributed by atoms with Gasteiger partial charge in [0.2, 0.25) is 0 Å². The minimum absolute atomic E-state index is 0.563. The van der Waals surface area contributed by atoms with Crippen molar-refractivity contribution in [3.05, 3.63) is 40.0 Å². The smallest absolute Gasteiger partial charge is 0.180 e. The summed E-state index contributed by atoms with van der Waals surface area (Å²) in [5.74, 6) is 0. The summed E-state index contributed by atoms with van der Waals surface area (Å²) < 4.78 is 3.04. The van der Waals surface area contributed by atoms with E-state index in [1.165, 1.54) is 0 Å². The Morgan fingerprint density at radius 3 is 2.90 bits per heavy atom. The van der Waals surface area contributed by atoms with Crippen LogP contribution in [0.5, 0.6) is 0 Å². The van der Waals surface area contributed by atoms with E-state index in [1.807, 2.05) is 23.7 Å². The molecule has 0 aliphatic carbocycles. The number of rotatable bonds is 0. The maximum absolute atomic E-state index is 5.98. The van der Waals surface area contributed by atoms with Crippen molar-refractivity contribution in [2.24, 2.45) is 7.05 Å². The fourth-order valence-corrected chi connectivity index (χ4v) is 2.95. The summed E-state index contributed by atoms with van der Waals surface area (Å²) in [6.45, 7) is 0. The lowest BCUT2D eigenvalue weighted by molar-refractivity contribution is 0.989. The predicted molar refractivity (Wildman–Crippen MR) is 84.0 cm³/mol. The van der Waals surface area contributed by atoms with Gasteiger partial charge in [-0.05, 0) is 24.3 Å². The van der Waals surface area contributed by atoms with Crippen LogP contribution < -0.4 is 0 Å². The third-order valence-electron chi connectivity index (χ3n) is 3.36. The van der Waals surface area contributed by atoms with Crippen molar-refractivity contribution < 1.29 is 0 Å². The molecule has 0 saturated carbocycles. The highest BCUT2D eigenvalue weighted by molar-refractivity contribution is 9.10. The van der Waals surface area contributed by atoms with Crippen LogP contribution in [0, 0.1) is 0 Å². The number of halogens is 2. The first-order valence-electron chi connectivity index (χ1n) is 6.00. The van der Waals surface area contributed by atoms with E-state index in [0.29, 0.717) is 16.2 Å². The second kappa shape index (κ2) is 4.14. The normalized spacial score (nSPS) is 11.8. The first-order valence-corrected chi connectivity index (χ1v) is 7.17. The standard InChI is InChI=1S/C14H8BrClN4/c1-20-11-3-2-7(15)4-9(11)12-14(20)19-13-10(18-12)5-8(16)6-17-13/h2-6H,1H3. The van der Waals surface area contributed by atoms with Crippen molar-refractivity contribution >= 4 is 60.8 Å². The van der Waals surface area contributed by atoms with Crippen molar-refractivity contribution in [2.75, 3.05) is 0 Å². The van der Waals surface area contributed by atoms with Crippen LogP contribution >= 0.6 is 27.5 Å². The highest BCUT2D eigenvalue weighted by Gasteiger charge is 2.13. The van der Waals surface area contributed by atoms with E-state index in [4.69, 9.17) is 11.6 Å². The molecule has 0 N–H and O–H groups in total. The Hall–Kier alpha value is -1.72. The molecule has 0 radical (unpaired) electrons. The Morgan fingerprint density at radius 1 is 1.20 bits per heavy atom. The van der Waals surface area contributed by atoms with Crippen LogP contribution in [-0.4, -0.2) is 19.5 Å². The number of benzene rings is 1. The van der Waals surface area contributed by atoms with Crippen LogP contribution in [0.4, 0.5) is 0 Å². The zero-order chi connectivity index (χ0) is 13.9. The molecule has 0 amide bonds. The lowest BCUT2D eigenvalue weighted by Crippen LogP contribution is -1.93. The molecule has 0 fully saturated rings. The molecule has 3 heterocycles. The summed E-state index contributed by atoms with van der Waals surface area (Å²) >= 11 is 9.47. The molecule has 98 valence electrons. The van der Waals surface area contributed by atoms with Gasteiger partial charge in [0.05, 0.1) is 10.5 Å². The molecule has 4 aromatic rings. The number of hydrogen-bond acceptors (Lipinski definition) is 3. The second-order valence-corrected chi connectivity index (χ2v) is 5.96. The van der Waals surface area contributed by atoms with Crippen molar-refractivity contribution in [2.45, 2.75) is 0 Å². The molecular weight excluding hydrogens is 340 g/mol. The van der Waals surface area contributed by atoms with Gasteiger partial charge in [0.25, 0.3) is 0 Å². The summed E-state index contributed by atoms with van der Waals surface area (Å²) in [4.78, 5) is 13.5. The van der Waals surface area contributed by atoms with Gasteiger partial charge >= 0.3 is 0 Å². The van der Waals surface area contributed by atoms with E-state index >= 15 is 0 Å². The first-order chi connectivity index (χ1) is 9.63. The number of aryl methyl sites for hydroxylation is 1. The minimum atomic E-state index is 0.563. The van der Waals surface area contributed by atoms with Crippen LogP contribution in [-0.2, 0) is 7.05 Å². The molecule has 0 aliphatic rings. The number of hydrogen-bond donors (Lipinski definition) is 0. The van der Waals surface area contributed by atoms with Gasteiger partial charge in [-0.2, -0.15) is 0 Å². The van der Waals surface area contributed by atoms with E-state index < -0.39 is 0 Å². The highest BCUT2D eigenvalue weighted by atomic mass is 79.9. The van der Waals surface area contributed by atoms with Crippen molar-refractivity contribution in [3.8, 4) is 0 Å². The molecule has 0 spiro atoms. The van der Waals surface area contributed by atoms with Gasteiger partial charge in [-0.1, -0.05) is 27.5 Å². The zero-order valence-electron chi connectivity index (χ0n) is 10.4. The molecule has 20 heavy (non-hydrogen) atoms. The van der Waals surface area contributed by atoms with Crippen LogP contribution in [0.1, 0.15) is 0 Å². The Bertz CT molecular complexity index is 993. The van der Waals surface area contributed by atoms with Gasteiger partial charge in [0, 0.05) is 23.1 Å². The Morgan fingerprint density at radius 2 is 2.05 bits per heavy atom. The zero-order valence-corrected chi connectivity index (χ0v) is 12.8. The topological polar surface area (TPSA) is 43.6 Å². The molecule has 4 nitrogen and oxygen atoms in total. The van der Waals surface area contributed by atoms with Crippen LogP contribution in [0.3, 0.4) is 0 Å². The largest absolute Gasteiger partial charge is 0.327 e. The molecule has 3 aromatic heterocycles. The SMILES string of the molecule is Cn1c2ccc(Br)cc2c2nc3cc(Cl)cnc3nc21. The Kier molecular flexibility index (Phi) is 2.49. The number of aromatic nitrogens is 4. The van der Waals surface area contributed by atoms with Gasteiger partial charge in [0.15, 0.2) is 11.3 Å². The third kappa shape index (κ3) is 1.63. The van der Waals surface area contributed by atoms with Crippen LogP contribution in [0.15, 0.2) is 34.9 Å². The lowest BCUT2D eigenvalue weighted by atomic mass is 10.2. The highest BCUT2D eigenvalue weighted by Crippen LogP contribution is 2.29. The van der Waals surface area contributed by atoms with Gasteiger partial charge < -0.3 is 4.57 Å². The first kappa shape index (κ1) is 12.1. The molecule has 1 aromatic carbocycles. The molecular formula is C14H8BrClN4. The molecule has 6 heteroatoms. The van der Waals surface area contributed by atoms with Gasteiger partial charge in [0.1, 0.15) is 11.0 Å². The van der Waals surface area contributed by atoms with E-state index in [2.05, 4.69) is 36.9 Å². The number of nitrogens with zero attached hydrogens (tertiary/aromatic N) is 4. The summed E-state index contributed by atoms with van der Waals surface area (Å²) in [6.07, 6.45) is 1.59. The molecule has 0 aliphatic heterocycles. The summed E-state index contributed by atoms with van der Waals surface area (Å²) in [5.41, 5.74) is 4.08. The predicted octanol–water partition coefficient (Wildman–Crippen LogP) is 4.09. The lowest BCUT2D eigenvalue weighted by Gasteiger charge is -1.99.